The van der Waals surface area contributed by atoms with Gasteiger partial charge in [-0.15, -0.1) is 0 Å². The number of halogens is 1. The van der Waals surface area contributed by atoms with Gasteiger partial charge in [-0.3, -0.25) is 0 Å². The first-order chi connectivity index (χ1) is 10.6. The van der Waals surface area contributed by atoms with Crippen LogP contribution in [-0.4, -0.2) is 53.7 Å². The van der Waals surface area contributed by atoms with E-state index in [1.807, 2.05) is 12.1 Å². The first-order valence-corrected chi connectivity index (χ1v) is 9.35. The van der Waals surface area contributed by atoms with E-state index in [0.717, 1.165) is 42.0 Å². The van der Waals surface area contributed by atoms with Crippen LogP contribution in [0.4, 0.5) is 0 Å². The standard InChI is InChI=1S/C18H27BrN2O/c1-2-20-11-7-17(8-12-20)21-13-9-18(22,10-14-21)15-3-5-16(19)6-4-15/h3-6,17,22H,2,7-14H2,1H3. The maximum atomic E-state index is 11.0. The van der Waals surface area contributed by atoms with Crippen LogP contribution in [0.2, 0.25) is 0 Å². The Labute approximate surface area is 142 Å². The molecule has 1 aromatic carbocycles. The quantitative estimate of drug-likeness (QED) is 0.889. The molecule has 0 amide bonds. The first kappa shape index (κ1) is 16.4. The lowest BCUT2D eigenvalue weighted by Crippen LogP contribution is -2.50. The molecule has 4 heteroatoms. The van der Waals surface area contributed by atoms with Gasteiger partial charge in [0.25, 0.3) is 0 Å². The number of nitrogens with zero attached hydrogens (tertiary/aromatic N) is 2. The SMILES string of the molecule is CCN1CCC(N2CCC(O)(c3ccc(Br)cc3)CC2)CC1. The molecule has 3 rings (SSSR count). The van der Waals surface area contributed by atoms with Gasteiger partial charge in [0.05, 0.1) is 5.60 Å². The predicted molar refractivity (Wildman–Crippen MR) is 94.0 cm³/mol. The minimum atomic E-state index is -0.638. The van der Waals surface area contributed by atoms with Crippen LogP contribution in [0, 0.1) is 0 Å². The van der Waals surface area contributed by atoms with Crippen molar-refractivity contribution in [3.05, 3.63) is 34.3 Å². The summed E-state index contributed by atoms with van der Waals surface area (Å²) in [5.41, 5.74) is 0.428. The summed E-state index contributed by atoms with van der Waals surface area (Å²) in [6.07, 6.45) is 4.26. The second-order valence-electron chi connectivity index (χ2n) is 6.74. The summed E-state index contributed by atoms with van der Waals surface area (Å²) >= 11 is 3.47. The fraction of sp³-hybridized carbons (Fsp3) is 0.667. The number of rotatable bonds is 3. The van der Waals surface area contributed by atoms with Crippen molar-refractivity contribution in [1.29, 1.82) is 0 Å². The van der Waals surface area contributed by atoms with Crippen molar-refractivity contribution in [2.45, 2.75) is 44.2 Å². The Balaban J connectivity index is 1.57. The van der Waals surface area contributed by atoms with Crippen LogP contribution in [0.1, 0.15) is 38.2 Å². The van der Waals surface area contributed by atoms with Crippen molar-refractivity contribution in [3.8, 4) is 0 Å². The molecule has 0 aliphatic carbocycles. The zero-order valence-corrected chi connectivity index (χ0v) is 15.1. The number of benzene rings is 1. The van der Waals surface area contributed by atoms with Crippen molar-refractivity contribution in [2.24, 2.45) is 0 Å². The van der Waals surface area contributed by atoms with Gasteiger partial charge in [0.15, 0.2) is 0 Å². The van der Waals surface area contributed by atoms with Gasteiger partial charge in [0, 0.05) is 23.6 Å². The molecule has 0 spiro atoms. The van der Waals surface area contributed by atoms with Crippen LogP contribution >= 0.6 is 15.9 Å². The van der Waals surface area contributed by atoms with Crippen LogP contribution in [0.3, 0.4) is 0 Å². The normalized spacial score (nSPS) is 24.5. The van der Waals surface area contributed by atoms with Crippen molar-refractivity contribution in [2.75, 3.05) is 32.7 Å². The third-order valence-electron chi connectivity index (χ3n) is 5.53. The summed E-state index contributed by atoms with van der Waals surface area (Å²) in [5, 5.41) is 11.0. The Bertz CT molecular complexity index is 474. The number of likely N-dealkylation sites (tertiary alicyclic amines) is 2. The molecule has 2 aliphatic rings. The van der Waals surface area contributed by atoms with E-state index in [9.17, 15) is 5.11 Å². The van der Waals surface area contributed by atoms with Crippen molar-refractivity contribution in [1.82, 2.24) is 9.80 Å². The molecule has 2 heterocycles. The van der Waals surface area contributed by atoms with E-state index < -0.39 is 5.60 Å². The Morgan fingerprint density at radius 3 is 2.23 bits per heavy atom. The maximum Gasteiger partial charge on any atom is 0.0920 e. The van der Waals surface area contributed by atoms with Gasteiger partial charge in [-0.05, 0) is 63.0 Å². The summed E-state index contributed by atoms with van der Waals surface area (Å²) in [7, 11) is 0. The summed E-state index contributed by atoms with van der Waals surface area (Å²) < 4.78 is 1.07. The molecule has 0 bridgehead atoms. The molecular formula is C18H27BrN2O. The van der Waals surface area contributed by atoms with Crippen molar-refractivity contribution >= 4 is 15.9 Å². The molecule has 2 saturated heterocycles. The van der Waals surface area contributed by atoms with E-state index in [-0.39, 0.29) is 0 Å². The summed E-state index contributed by atoms with van der Waals surface area (Å²) in [4.78, 5) is 5.15. The van der Waals surface area contributed by atoms with Gasteiger partial charge in [-0.25, -0.2) is 0 Å². The first-order valence-electron chi connectivity index (χ1n) is 8.55. The molecule has 2 aliphatic heterocycles. The van der Waals surface area contributed by atoms with E-state index in [1.54, 1.807) is 0 Å². The van der Waals surface area contributed by atoms with E-state index >= 15 is 0 Å². The minimum Gasteiger partial charge on any atom is -0.385 e. The monoisotopic (exact) mass is 366 g/mol. The van der Waals surface area contributed by atoms with Gasteiger partial charge >= 0.3 is 0 Å². The molecular weight excluding hydrogens is 340 g/mol. The summed E-state index contributed by atoms with van der Waals surface area (Å²) in [6, 6.07) is 8.89. The molecule has 0 unspecified atom stereocenters. The lowest BCUT2D eigenvalue weighted by molar-refractivity contribution is -0.0419. The van der Waals surface area contributed by atoms with Gasteiger partial charge in [-0.2, -0.15) is 0 Å². The Morgan fingerprint density at radius 2 is 1.68 bits per heavy atom. The smallest absolute Gasteiger partial charge is 0.0920 e. The average Bonchev–Trinajstić information content (AvgIpc) is 2.56. The lowest BCUT2D eigenvalue weighted by Gasteiger charge is -2.44. The summed E-state index contributed by atoms with van der Waals surface area (Å²) in [5.74, 6) is 0. The third-order valence-corrected chi connectivity index (χ3v) is 6.06. The Hall–Kier alpha value is -0.420. The number of hydrogen-bond donors (Lipinski definition) is 1. The van der Waals surface area contributed by atoms with Gasteiger partial charge in [0.2, 0.25) is 0 Å². The van der Waals surface area contributed by atoms with Crippen LogP contribution in [0.5, 0.6) is 0 Å². The summed E-state index contributed by atoms with van der Waals surface area (Å²) in [6.45, 7) is 7.92. The molecule has 122 valence electrons. The highest BCUT2D eigenvalue weighted by Crippen LogP contribution is 2.35. The number of piperidine rings is 2. The molecule has 0 aromatic heterocycles. The van der Waals surface area contributed by atoms with Crippen LogP contribution in [-0.2, 0) is 5.60 Å². The molecule has 0 saturated carbocycles. The lowest BCUT2D eigenvalue weighted by atomic mass is 9.83. The molecule has 1 N–H and O–H groups in total. The fourth-order valence-electron chi connectivity index (χ4n) is 3.91. The van der Waals surface area contributed by atoms with Gasteiger partial charge in [0.1, 0.15) is 0 Å². The second-order valence-corrected chi connectivity index (χ2v) is 7.66. The van der Waals surface area contributed by atoms with Gasteiger partial charge in [-0.1, -0.05) is 35.0 Å². The van der Waals surface area contributed by atoms with Crippen LogP contribution < -0.4 is 0 Å². The Kier molecular flexibility index (Phi) is 5.23. The minimum absolute atomic E-state index is 0.638. The fourth-order valence-corrected chi connectivity index (χ4v) is 4.17. The van der Waals surface area contributed by atoms with Crippen LogP contribution in [0.25, 0.3) is 0 Å². The molecule has 0 atom stereocenters. The largest absolute Gasteiger partial charge is 0.385 e. The highest BCUT2D eigenvalue weighted by atomic mass is 79.9. The second kappa shape index (κ2) is 7.00. The maximum absolute atomic E-state index is 11.0. The van der Waals surface area contributed by atoms with Crippen LogP contribution in [0.15, 0.2) is 28.7 Å². The van der Waals surface area contributed by atoms with Crippen molar-refractivity contribution in [3.63, 3.8) is 0 Å². The Morgan fingerprint density at radius 1 is 1.09 bits per heavy atom. The topological polar surface area (TPSA) is 26.7 Å². The molecule has 0 radical (unpaired) electrons. The highest BCUT2D eigenvalue weighted by Gasteiger charge is 2.36. The van der Waals surface area contributed by atoms with E-state index in [2.05, 4.69) is 44.8 Å². The number of aliphatic hydroxyl groups is 1. The molecule has 1 aromatic rings. The molecule has 3 nitrogen and oxygen atoms in total. The predicted octanol–water partition coefficient (Wildman–Crippen LogP) is 3.22. The van der Waals surface area contributed by atoms with Gasteiger partial charge < -0.3 is 14.9 Å². The zero-order valence-electron chi connectivity index (χ0n) is 13.5. The molecule has 2 fully saturated rings. The third kappa shape index (κ3) is 3.56. The van der Waals surface area contributed by atoms with E-state index in [1.165, 1.54) is 32.5 Å². The van der Waals surface area contributed by atoms with E-state index in [4.69, 9.17) is 0 Å². The van der Waals surface area contributed by atoms with Crippen molar-refractivity contribution < 1.29 is 5.11 Å². The molecule has 22 heavy (non-hydrogen) atoms. The number of hydrogen-bond acceptors (Lipinski definition) is 3. The highest BCUT2D eigenvalue weighted by molar-refractivity contribution is 9.10. The average molecular weight is 367 g/mol. The van der Waals surface area contributed by atoms with E-state index in [0.29, 0.717) is 0 Å². The zero-order chi connectivity index (χ0) is 15.6.